The summed E-state index contributed by atoms with van der Waals surface area (Å²) in [6.45, 7) is 0.239. The Morgan fingerprint density at radius 3 is 2.72 bits per heavy atom. The Balaban J connectivity index is 1.72. The second-order valence-electron chi connectivity index (χ2n) is 5.77. The van der Waals surface area contributed by atoms with Crippen LogP contribution in [0.15, 0.2) is 52.6 Å². The van der Waals surface area contributed by atoms with Crippen molar-refractivity contribution < 1.29 is 19.1 Å². The van der Waals surface area contributed by atoms with Crippen molar-refractivity contribution in [2.75, 3.05) is 0 Å². The lowest BCUT2D eigenvalue weighted by Gasteiger charge is -2.34. The van der Waals surface area contributed by atoms with Gasteiger partial charge in [0.25, 0.3) is 5.91 Å². The molecule has 1 aliphatic heterocycles. The van der Waals surface area contributed by atoms with Crippen molar-refractivity contribution >= 4 is 23.2 Å². The lowest BCUT2D eigenvalue weighted by Crippen LogP contribution is -2.48. The minimum absolute atomic E-state index is 0.146. The monoisotopic (exact) mass is 354 g/mol. The molecule has 1 aliphatic rings. The van der Waals surface area contributed by atoms with E-state index in [0.717, 1.165) is 16.0 Å². The van der Waals surface area contributed by atoms with Crippen LogP contribution in [0.2, 0.25) is 0 Å². The Labute approximate surface area is 147 Å². The van der Waals surface area contributed by atoms with E-state index in [0.29, 0.717) is 5.76 Å². The highest BCUT2D eigenvalue weighted by molar-refractivity contribution is 7.13. The number of carboxylic acids is 1. The molecule has 0 fully saturated rings. The van der Waals surface area contributed by atoms with Gasteiger partial charge in [0.2, 0.25) is 0 Å². The number of fused-ring (bicyclic) bond motifs is 1. The first-order valence-electron chi connectivity index (χ1n) is 7.73. The highest BCUT2D eigenvalue weighted by atomic mass is 32.1. The summed E-state index contributed by atoms with van der Waals surface area (Å²) in [5.41, 5.74) is 2.06. The molecule has 1 atom stereocenters. The van der Waals surface area contributed by atoms with Crippen molar-refractivity contribution in [1.29, 1.82) is 0 Å². The maximum absolute atomic E-state index is 13.0. The number of hydrogen-bond acceptors (Lipinski definition) is 5. The molecule has 0 saturated heterocycles. The van der Waals surface area contributed by atoms with Crippen LogP contribution in [-0.4, -0.2) is 32.9 Å². The molecule has 126 valence electrons. The van der Waals surface area contributed by atoms with E-state index in [4.69, 9.17) is 4.42 Å². The molecule has 25 heavy (non-hydrogen) atoms. The Hall–Kier alpha value is -2.93. The molecule has 0 aliphatic carbocycles. The number of carbonyl (C=O) groups excluding carboxylic acids is 1. The van der Waals surface area contributed by atoms with Crippen LogP contribution >= 0.6 is 11.3 Å². The van der Waals surface area contributed by atoms with Gasteiger partial charge in [-0.15, -0.1) is 11.3 Å². The zero-order valence-corrected chi connectivity index (χ0v) is 13.9. The summed E-state index contributed by atoms with van der Waals surface area (Å²) in [5, 5.41) is 11.5. The maximum Gasteiger partial charge on any atom is 0.326 e. The minimum atomic E-state index is -1.02. The molecule has 0 saturated carbocycles. The van der Waals surface area contributed by atoms with E-state index in [9.17, 15) is 14.7 Å². The van der Waals surface area contributed by atoms with Gasteiger partial charge in [0, 0.05) is 13.0 Å². The van der Waals surface area contributed by atoms with Crippen molar-refractivity contribution in [3.63, 3.8) is 0 Å². The van der Waals surface area contributed by atoms with Crippen LogP contribution in [0.25, 0.3) is 10.6 Å². The standard InChI is InChI=1S/C18H14N2O4S/c21-17(15-16(24-10-19-15)14-6-3-7-25-14)20-9-12-5-2-1-4-11(12)8-13(20)18(22)23/h1-7,10,13H,8-9H2,(H,22,23). The zero-order valence-electron chi connectivity index (χ0n) is 13.1. The van der Waals surface area contributed by atoms with E-state index < -0.39 is 17.9 Å². The second-order valence-corrected chi connectivity index (χ2v) is 6.72. The summed E-state index contributed by atoms with van der Waals surface area (Å²) < 4.78 is 5.39. The van der Waals surface area contributed by atoms with Gasteiger partial charge in [-0.2, -0.15) is 0 Å². The van der Waals surface area contributed by atoms with Gasteiger partial charge < -0.3 is 14.4 Å². The predicted octanol–water partition coefficient (Wildman–Crippen LogP) is 3.05. The third kappa shape index (κ3) is 2.72. The first-order valence-corrected chi connectivity index (χ1v) is 8.61. The number of benzene rings is 1. The number of aromatic nitrogens is 1. The summed E-state index contributed by atoms with van der Waals surface area (Å²) in [7, 11) is 0. The second kappa shape index (κ2) is 6.18. The first kappa shape index (κ1) is 15.6. The van der Waals surface area contributed by atoms with Gasteiger partial charge in [-0.1, -0.05) is 30.3 Å². The summed E-state index contributed by atoms with van der Waals surface area (Å²) >= 11 is 1.43. The van der Waals surface area contributed by atoms with E-state index in [1.165, 1.54) is 22.6 Å². The normalized spacial score (nSPS) is 16.5. The summed E-state index contributed by atoms with van der Waals surface area (Å²) in [5.74, 6) is -1.08. The van der Waals surface area contributed by atoms with E-state index in [1.54, 1.807) is 0 Å². The number of hydrogen-bond donors (Lipinski definition) is 1. The molecule has 0 bridgehead atoms. The SMILES string of the molecule is O=C(O)C1Cc2ccccc2CN1C(=O)c1ncoc1-c1cccs1. The summed E-state index contributed by atoms with van der Waals surface area (Å²) in [6.07, 6.45) is 1.50. The van der Waals surface area contributed by atoms with E-state index >= 15 is 0 Å². The third-order valence-electron chi connectivity index (χ3n) is 4.31. The molecule has 3 heterocycles. The van der Waals surface area contributed by atoms with Crippen LogP contribution in [-0.2, 0) is 17.8 Å². The summed E-state index contributed by atoms with van der Waals surface area (Å²) in [6, 6.07) is 10.3. The highest BCUT2D eigenvalue weighted by Crippen LogP contribution is 2.31. The molecule has 1 N–H and O–H groups in total. The Bertz CT molecular complexity index is 932. The van der Waals surface area contributed by atoms with Gasteiger partial charge >= 0.3 is 5.97 Å². The smallest absolute Gasteiger partial charge is 0.326 e. The quantitative estimate of drug-likeness (QED) is 0.781. The molecule has 1 aromatic carbocycles. The fourth-order valence-corrected chi connectivity index (χ4v) is 3.79. The average molecular weight is 354 g/mol. The Morgan fingerprint density at radius 2 is 2.00 bits per heavy atom. The number of aliphatic carboxylic acids is 1. The van der Waals surface area contributed by atoms with Gasteiger partial charge in [-0.25, -0.2) is 9.78 Å². The van der Waals surface area contributed by atoms with Crippen molar-refractivity contribution in [2.45, 2.75) is 19.0 Å². The Kier molecular flexibility index (Phi) is 3.85. The number of carboxylic acid groups (broad SMARTS) is 1. The molecule has 0 spiro atoms. The van der Waals surface area contributed by atoms with Crippen LogP contribution in [0.4, 0.5) is 0 Å². The van der Waals surface area contributed by atoms with E-state index in [2.05, 4.69) is 4.98 Å². The molecule has 6 nitrogen and oxygen atoms in total. The zero-order chi connectivity index (χ0) is 17.4. The molecule has 2 aromatic heterocycles. The maximum atomic E-state index is 13.0. The van der Waals surface area contributed by atoms with Crippen molar-refractivity contribution in [1.82, 2.24) is 9.88 Å². The Morgan fingerprint density at radius 1 is 1.20 bits per heavy atom. The molecule has 3 aromatic rings. The fraction of sp³-hybridized carbons (Fsp3) is 0.167. The fourth-order valence-electron chi connectivity index (χ4n) is 3.07. The van der Waals surface area contributed by atoms with E-state index in [1.807, 2.05) is 41.8 Å². The van der Waals surface area contributed by atoms with Crippen LogP contribution < -0.4 is 0 Å². The molecule has 7 heteroatoms. The van der Waals surface area contributed by atoms with Crippen LogP contribution in [0.5, 0.6) is 0 Å². The molecule has 1 amide bonds. The lowest BCUT2D eigenvalue weighted by molar-refractivity contribution is -0.142. The largest absolute Gasteiger partial charge is 0.480 e. The van der Waals surface area contributed by atoms with E-state index in [-0.39, 0.29) is 18.7 Å². The minimum Gasteiger partial charge on any atom is -0.480 e. The van der Waals surface area contributed by atoms with Gasteiger partial charge in [0.1, 0.15) is 6.04 Å². The molecular formula is C18H14N2O4S. The number of nitrogens with zero attached hydrogens (tertiary/aromatic N) is 2. The predicted molar refractivity (Wildman–Crippen MR) is 91.3 cm³/mol. The molecule has 4 rings (SSSR count). The van der Waals surface area contributed by atoms with Crippen molar-refractivity contribution in [3.05, 3.63) is 65.0 Å². The first-order chi connectivity index (χ1) is 12.1. The number of rotatable bonds is 3. The number of carbonyl (C=O) groups is 2. The lowest BCUT2D eigenvalue weighted by atomic mass is 9.93. The molecule has 0 radical (unpaired) electrons. The number of thiophene rings is 1. The van der Waals surface area contributed by atoms with Crippen LogP contribution in [0.1, 0.15) is 21.6 Å². The van der Waals surface area contributed by atoms with Gasteiger partial charge in [-0.3, -0.25) is 4.79 Å². The van der Waals surface area contributed by atoms with Crippen LogP contribution in [0.3, 0.4) is 0 Å². The topological polar surface area (TPSA) is 83.6 Å². The van der Waals surface area contributed by atoms with Gasteiger partial charge in [-0.05, 0) is 22.6 Å². The highest BCUT2D eigenvalue weighted by Gasteiger charge is 2.37. The van der Waals surface area contributed by atoms with Gasteiger partial charge in [0.05, 0.1) is 4.88 Å². The van der Waals surface area contributed by atoms with Gasteiger partial charge in [0.15, 0.2) is 17.8 Å². The summed E-state index contributed by atoms with van der Waals surface area (Å²) in [4.78, 5) is 31.0. The average Bonchev–Trinajstić information content (AvgIpc) is 3.30. The van der Waals surface area contributed by atoms with Crippen LogP contribution in [0, 0.1) is 0 Å². The third-order valence-corrected chi connectivity index (χ3v) is 5.18. The number of oxazole rings is 1. The number of amides is 1. The van der Waals surface area contributed by atoms with Crippen molar-refractivity contribution in [3.8, 4) is 10.6 Å². The molecular weight excluding hydrogens is 340 g/mol. The molecule has 1 unspecified atom stereocenters. The van der Waals surface area contributed by atoms with Crippen molar-refractivity contribution in [2.24, 2.45) is 0 Å².